The molecule has 4 aliphatic rings. The normalized spacial score (nSPS) is 29.1. The van der Waals surface area contributed by atoms with E-state index in [4.69, 9.17) is 5.73 Å². The summed E-state index contributed by atoms with van der Waals surface area (Å²) in [4.78, 5) is 29.2. The topological polar surface area (TPSA) is 66.6 Å². The highest BCUT2D eigenvalue weighted by Crippen LogP contribution is 2.43. The molecule has 2 amide bonds. The molecule has 4 rings (SSSR count). The average Bonchev–Trinajstić information content (AvgIpc) is 3.49. The van der Waals surface area contributed by atoms with Gasteiger partial charge in [-0.15, -0.1) is 0 Å². The van der Waals surface area contributed by atoms with Gasteiger partial charge < -0.3 is 15.5 Å². The van der Waals surface area contributed by atoms with Crippen molar-refractivity contribution in [1.29, 1.82) is 0 Å². The zero-order valence-electron chi connectivity index (χ0n) is 15.4. The molecule has 4 fully saturated rings. The summed E-state index contributed by atoms with van der Waals surface area (Å²) >= 11 is 0. The minimum atomic E-state index is -0.301. The molecule has 2 aliphatic carbocycles. The fourth-order valence-electron chi connectivity index (χ4n) is 5.28. The van der Waals surface area contributed by atoms with Crippen LogP contribution in [-0.2, 0) is 9.59 Å². The van der Waals surface area contributed by atoms with E-state index in [1.165, 1.54) is 32.1 Å². The maximum absolute atomic E-state index is 12.8. The fourth-order valence-corrected chi connectivity index (χ4v) is 5.28. The van der Waals surface area contributed by atoms with Crippen LogP contribution in [0.2, 0.25) is 0 Å². The van der Waals surface area contributed by atoms with E-state index in [9.17, 15) is 9.59 Å². The third kappa shape index (κ3) is 3.57. The molecular formula is C20H33N3O2. The Balaban J connectivity index is 1.33. The molecular weight excluding hydrogens is 314 g/mol. The highest BCUT2D eigenvalue weighted by Gasteiger charge is 2.46. The molecule has 2 aliphatic heterocycles. The lowest BCUT2D eigenvalue weighted by Crippen LogP contribution is -2.55. The summed E-state index contributed by atoms with van der Waals surface area (Å²) in [6.45, 7) is 2.57. The summed E-state index contributed by atoms with van der Waals surface area (Å²) in [5.41, 5.74) is 6.59. The van der Waals surface area contributed by atoms with E-state index in [0.717, 1.165) is 51.7 Å². The predicted molar refractivity (Wildman–Crippen MR) is 96.8 cm³/mol. The minimum Gasteiger partial charge on any atom is -0.341 e. The summed E-state index contributed by atoms with van der Waals surface area (Å²) in [7, 11) is 0. The lowest BCUT2D eigenvalue weighted by Gasteiger charge is -2.48. The van der Waals surface area contributed by atoms with Gasteiger partial charge in [0, 0.05) is 32.1 Å². The maximum atomic E-state index is 12.8. The van der Waals surface area contributed by atoms with E-state index in [0.29, 0.717) is 24.3 Å². The van der Waals surface area contributed by atoms with E-state index in [2.05, 4.69) is 4.90 Å². The van der Waals surface area contributed by atoms with Crippen LogP contribution < -0.4 is 5.73 Å². The van der Waals surface area contributed by atoms with E-state index < -0.39 is 0 Å². The van der Waals surface area contributed by atoms with Crippen LogP contribution in [-0.4, -0.2) is 53.3 Å². The Morgan fingerprint density at radius 1 is 1.04 bits per heavy atom. The van der Waals surface area contributed by atoms with Gasteiger partial charge in [0.2, 0.25) is 11.8 Å². The number of nitrogens with two attached hydrogens (primary N) is 1. The summed E-state index contributed by atoms with van der Waals surface area (Å²) in [5.74, 6) is 0.911. The van der Waals surface area contributed by atoms with E-state index in [1.54, 1.807) is 0 Å². The molecule has 0 bridgehead atoms. The van der Waals surface area contributed by atoms with Crippen molar-refractivity contribution < 1.29 is 9.59 Å². The van der Waals surface area contributed by atoms with Crippen molar-refractivity contribution >= 4 is 11.8 Å². The van der Waals surface area contributed by atoms with Gasteiger partial charge in [0.05, 0.1) is 6.04 Å². The molecule has 0 unspecified atom stereocenters. The Morgan fingerprint density at radius 3 is 2.36 bits per heavy atom. The van der Waals surface area contributed by atoms with Gasteiger partial charge in [-0.2, -0.15) is 0 Å². The zero-order chi connectivity index (χ0) is 17.4. The van der Waals surface area contributed by atoms with Gasteiger partial charge in [0.1, 0.15) is 0 Å². The second-order valence-electron chi connectivity index (χ2n) is 9.00. The van der Waals surface area contributed by atoms with Gasteiger partial charge in [-0.1, -0.05) is 19.3 Å². The molecule has 5 nitrogen and oxygen atoms in total. The molecule has 140 valence electrons. The van der Waals surface area contributed by atoms with Gasteiger partial charge in [0.25, 0.3) is 0 Å². The van der Waals surface area contributed by atoms with Gasteiger partial charge >= 0.3 is 0 Å². The second kappa shape index (κ2) is 6.90. The van der Waals surface area contributed by atoms with Crippen LogP contribution >= 0.6 is 0 Å². The summed E-state index contributed by atoms with van der Waals surface area (Å²) in [5, 5.41) is 0. The van der Waals surface area contributed by atoms with Crippen molar-refractivity contribution in [2.75, 3.05) is 19.6 Å². The lowest BCUT2D eigenvalue weighted by molar-refractivity contribution is -0.144. The Morgan fingerprint density at radius 2 is 1.72 bits per heavy atom. The van der Waals surface area contributed by atoms with E-state index in [-0.39, 0.29) is 17.4 Å². The molecule has 0 aromatic heterocycles. The van der Waals surface area contributed by atoms with Crippen LogP contribution in [0.15, 0.2) is 0 Å². The van der Waals surface area contributed by atoms with Crippen molar-refractivity contribution in [3.8, 4) is 0 Å². The van der Waals surface area contributed by atoms with Crippen molar-refractivity contribution in [3.05, 3.63) is 0 Å². The average molecular weight is 348 g/mol. The van der Waals surface area contributed by atoms with Crippen molar-refractivity contribution in [3.63, 3.8) is 0 Å². The highest BCUT2D eigenvalue weighted by molar-refractivity contribution is 5.82. The Kier molecular flexibility index (Phi) is 4.78. The van der Waals surface area contributed by atoms with Crippen LogP contribution in [0.3, 0.4) is 0 Å². The smallest absolute Gasteiger partial charge is 0.239 e. The number of hydrogen-bond acceptors (Lipinski definition) is 3. The third-order valence-corrected chi connectivity index (χ3v) is 7.26. The minimum absolute atomic E-state index is 0.174. The van der Waals surface area contributed by atoms with Gasteiger partial charge in [-0.05, 0) is 56.3 Å². The third-order valence-electron chi connectivity index (χ3n) is 7.26. The molecule has 1 atom stereocenters. The number of rotatable bonds is 3. The first-order valence-electron chi connectivity index (χ1n) is 10.4. The van der Waals surface area contributed by atoms with Crippen LogP contribution in [0.25, 0.3) is 0 Å². The number of nitrogens with zero attached hydrogens (tertiary/aromatic N) is 2. The molecule has 2 N–H and O–H groups in total. The first-order chi connectivity index (χ1) is 12.1. The van der Waals surface area contributed by atoms with Crippen molar-refractivity contribution in [2.45, 2.75) is 82.7 Å². The molecule has 2 saturated heterocycles. The van der Waals surface area contributed by atoms with Gasteiger partial charge in [-0.3, -0.25) is 9.59 Å². The quantitative estimate of drug-likeness (QED) is 0.852. The Bertz CT molecular complexity index is 517. The Labute approximate surface area is 151 Å². The van der Waals surface area contributed by atoms with Gasteiger partial charge in [0.15, 0.2) is 0 Å². The van der Waals surface area contributed by atoms with Crippen LogP contribution in [0.4, 0.5) is 0 Å². The molecule has 2 saturated carbocycles. The fraction of sp³-hybridized carbons (Fsp3) is 0.900. The number of carbonyl (C=O) groups excluding carboxylic acids is 2. The SMILES string of the molecule is N[C@@H](C(=O)N1CCC2(CCC(=O)N(C3CC3)C2)CC1)C1CCCCC1. The van der Waals surface area contributed by atoms with Crippen molar-refractivity contribution in [1.82, 2.24) is 9.80 Å². The standard InChI is InChI=1S/C20H33N3O2/c21-18(15-4-2-1-3-5-15)19(25)22-12-10-20(11-13-22)9-8-17(24)23(14-20)16-6-7-16/h15-16,18H,1-14,21H2/t18-/m1/s1. The monoisotopic (exact) mass is 347 g/mol. The summed E-state index contributed by atoms with van der Waals surface area (Å²) in [6, 6.07) is 0.217. The summed E-state index contributed by atoms with van der Waals surface area (Å²) in [6.07, 6.45) is 12.1. The van der Waals surface area contributed by atoms with Crippen LogP contribution in [0, 0.1) is 11.3 Å². The van der Waals surface area contributed by atoms with Crippen LogP contribution in [0.1, 0.15) is 70.6 Å². The predicted octanol–water partition coefficient (Wildman–Crippen LogP) is 2.29. The maximum Gasteiger partial charge on any atom is 0.239 e. The number of hydrogen-bond donors (Lipinski definition) is 1. The first kappa shape index (κ1) is 17.3. The zero-order valence-corrected chi connectivity index (χ0v) is 15.4. The number of likely N-dealkylation sites (tertiary alicyclic amines) is 2. The van der Waals surface area contributed by atoms with E-state index >= 15 is 0 Å². The van der Waals surface area contributed by atoms with Crippen LogP contribution in [0.5, 0.6) is 0 Å². The lowest BCUT2D eigenvalue weighted by atomic mass is 9.72. The van der Waals surface area contributed by atoms with E-state index in [1.807, 2.05) is 4.90 Å². The molecule has 0 aromatic rings. The first-order valence-corrected chi connectivity index (χ1v) is 10.4. The van der Waals surface area contributed by atoms with Gasteiger partial charge in [-0.25, -0.2) is 0 Å². The molecule has 1 spiro atoms. The van der Waals surface area contributed by atoms with Crippen molar-refractivity contribution in [2.24, 2.45) is 17.1 Å². The summed E-state index contributed by atoms with van der Waals surface area (Å²) < 4.78 is 0. The Hall–Kier alpha value is -1.10. The molecule has 2 heterocycles. The second-order valence-corrected chi connectivity index (χ2v) is 9.00. The molecule has 0 radical (unpaired) electrons. The number of carbonyl (C=O) groups is 2. The number of amides is 2. The number of piperidine rings is 2. The molecule has 25 heavy (non-hydrogen) atoms. The highest BCUT2D eigenvalue weighted by atomic mass is 16.2. The largest absolute Gasteiger partial charge is 0.341 e. The molecule has 0 aromatic carbocycles. The molecule has 5 heteroatoms.